The minimum absolute atomic E-state index is 0.405. The molecule has 1 rings (SSSR count). The summed E-state index contributed by atoms with van der Waals surface area (Å²) in [6, 6.07) is 0. The Bertz CT molecular complexity index is 172. The van der Waals surface area contributed by atoms with Crippen molar-refractivity contribution in [3.05, 3.63) is 11.6 Å². The summed E-state index contributed by atoms with van der Waals surface area (Å²) in [4.78, 5) is 10.8. The molecule has 0 spiro atoms. The second-order valence-electron chi connectivity index (χ2n) is 2.24. The van der Waals surface area contributed by atoms with Crippen molar-refractivity contribution in [1.82, 2.24) is 0 Å². The van der Waals surface area contributed by atoms with Gasteiger partial charge in [-0.15, -0.1) is 0 Å². The van der Waals surface area contributed by atoms with E-state index in [2.05, 4.69) is 4.74 Å². The third kappa shape index (κ3) is 1.19. The minimum Gasteiger partial charge on any atom is -0.466 e. The summed E-state index contributed by atoms with van der Waals surface area (Å²) in [5.74, 6) is -0.412. The fraction of sp³-hybridized carbons (Fsp3) is 0.571. The number of hydrogen-bond acceptors (Lipinski definition) is 3. The molecule has 1 N–H and O–H groups in total. The lowest BCUT2D eigenvalue weighted by molar-refractivity contribution is -0.137. The van der Waals surface area contributed by atoms with Gasteiger partial charge in [0.25, 0.3) is 0 Å². The van der Waals surface area contributed by atoms with Crippen LogP contribution in [0.5, 0.6) is 0 Å². The van der Waals surface area contributed by atoms with E-state index in [0.717, 1.165) is 6.42 Å². The fourth-order valence-corrected chi connectivity index (χ4v) is 1.03. The van der Waals surface area contributed by atoms with Crippen LogP contribution in [0.15, 0.2) is 11.6 Å². The molecule has 0 saturated heterocycles. The summed E-state index contributed by atoms with van der Waals surface area (Å²) in [6.07, 6.45) is 2.53. The molecule has 0 bridgehead atoms. The average molecular weight is 142 g/mol. The van der Waals surface area contributed by atoms with Gasteiger partial charge in [-0.2, -0.15) is 0 Å². The Labute approximate surface area is 59.3 Å². The first-order valence-electron chi connectivity index (χ1n) is 3.22. The van der Waals surface area contributed by atoms with Gasteiger partial charge < -0.3 is 9.84 Å². The van der Waals surface area contributed by atoms with Crippen molar-refractivity contribution < 1.29 is 14.6 Å². The molecule has 1 aliphatic rings. The van der Waals surface area contributed by atoms with Crippen molar-refractivity contribution in [2.45, 2.75) is 18.9 Å². The topological polar surface area (TPSA) is 46.5 Å². The third-order valence-corrected chi connectivity index (χ3v) is 1.58. The molecule has 1 atom stereocenters. The molecular formula is C7H10O3. The maximum absolute atomic E-state index is 10.8. The van der Waals surface area contributed by atoms with Crippen molar-refractivity contribution in [3.8, 4) is 0 Å². The van der Waals surface area contributed by atoms with E-state index in [4.69, 9.17) is 5.11 Å². The lowest BCUT2D eigenvalue weighted by atomic mass is 10.2. The van der Waals surface area contributed by atoms with Gasteiger partial charge in [0.05, 0.1) is 18.8 Å². The van der Waals surface area contributed by atoms with Gasteiger partial charge in [-0.1, -0.05) is 6.08 Å². The lowest BCUT2D eigenvalue weighted by Crippen LogP contribution is -2.14. The Hall–Kier alpha value is -0.830. The normalized spacial score (nSPS) is 24.2. The van der Waals surface area contributed by atoms with E-state index in [1.165, 1.54) is 7.11 Å². The zero-order valence-corrected chi connectivity index (χ0v) is 5.83. The van der Waals surface area contributed by atoms with Crippen molar-refractivity contribution >= 4 is 5.97 Å². The highest BCUT2D eigenvalue weighted by atomic mass is 16.5. The molecule has 0 aliphatic heterocycles. The molecule has 56 valence electrons. The van der Waals surface area contributed by atoms with Crippen LogP contribution in [0.4, 0.5) is 0 Å². The molecule has 0 aromatic carbocycles. The first kappa shape index (κ1) is 7.28. The van der Waals surface area contributed by atoms with Crippen LogP contribution >= 0.6 is 0 Å². The quantitative estimate of drug-likeness (QED) is 0.533. The summed E-state index contributed by atoms with van der Waals surface area (Å²) in [6.45, 7) is 0. The zero-order chi connectivity index (χ0) is 7.56. The zero-order valence-electron chi connectivity index (χ0n) is 5.83. The number of esters is 1. The highest BCUT2D eigenvalue weighted by Gasteiger charge is 2.22. The van der Waals surface area contributed by atoms with Crippen LogP contribution in [0.3, 0.4) is 0 Å². The van der Waals surface area contributed by atoms with Crippen LogP contribution in [0, 0.1) is 0 Å². The molecule has 0 radical (unpaired) electrons. The summed E-state index contributed by atoms with van der Waals surface area (Å²) in [5.41, 5.74) is 0.405. The van der Waals surface area contributed by atoms with E-state index in [-0.39, 0.29) is 0 Å². The van der Waals surface area contributed by atoms with Gasteiger partial charge in [0, 0.05) is 0 Å². The highest BCUT2D eigenvalue weighted by Crippen LogP contribution is 2.19. The molecule has 10 heavy (non-hydrogen) atoms. The number of hydrogen-bond donors (Lipinski definition) is 1. The van der Waals surface area contributed by atoms with Gasteiger partial charge in [0.1, 0.15) is 0 Å². The standard InChI is InChI=1S/C7H10O3/c1-10-7(9)5-3-2-4-6(5)8/h3,6,8H,2,4H2,1H3/t6-/m0/s1. The number of aliphatic hydroxyl groups is 1. The predicted octanol–water partition coefficient (Wildman–Crippen LogP) is 0.240. The molecule has 0 heterocycles. The van der Waals surface area contributed by atoms with Crippen LogP contribution in [-0.4, -0.2) is 24.3 Å². The Balaban J connectivity index is 2.63. The smallest absolute Gasteiger partial charge is 0.336 e. The van der Waals surface area contributed by atoms with Crippen LogP contribution in [0.25, 0.3) is 0 Å². The molecule has 0 saturated carbocycles. The van der Waals surface area contributed by atoms with Crippen LogP contribution < -0.4 is 0 Å². The molecule has 0 aromatic rings. The van der Waals surface area contributed by atoms with E-state index >= 15 is 0 Å². The van der Waals surface area contributed by atoms with Gasteiger partial charge >= 0.3 is 5.97 Å². The summed E-state index contributed by atoms with van der Waals surface area (Å²) >= 11 is 0. The number of methoxy groups -OCH3 is 1. The highest BCUT2D eigenvalue weighted by molar-refractivity contribution is 5.89. The Morgan fingerprint density at radius 2 is 2.60 bits per heavy atom. The third-order valence-electron chi connectivity index (χ3n) is 1.58. The van der Waals surface area contributed by atoms with Crippen molar-refractivity contribution in [1.29, 1.82) is 0 Å². The van der Waals surface area contributed by atoms with Crippen LogP contribution in [-0.2, 0) is 9.53 Å². The first-order chi connectivity index (χ1) is 4.75. The van der Waals surface area contributed by atoms with Crippen molar-refractivity contribution in [3.63, 3.8) is 0 Å². The lowest BCUT2D eigenvalue weighted by Gasteiger charge is -2.04. The number of rotatable bonds is 1. The predicted molar refractivity (Wildman–Crippen MR) is 35.3 cm³/mol. The Kier molecular flexibility index (Phi) is 2.06. The van der Waals surface area contributed by atoms with E-state index in [9.17, 15) is 4.79 Å². The van der Waals surface area contributed by atoms with Gasteiger partial charge in [0.2, 0.25) is 0 Å². The van der Waals surface area contributed by atoms with Gasteiger partial charge in [-0.05, 0) is 12.8 Å². The van der Waals surface area contributed by atoms with Crippen LogP contribution in [0.1, 0.15) is 12.8 Å². The summed E-state index contributed by atoms with van der Waals surface area (Å²) in [7, 11) is 1.31. The molecule has 0 unspecified atom stereocenters. The van der Waals surface area contributed by atoms with Gasteiger partial charge in [-0.3, -0.25) is 0 Å². The second-order valence-corrected chi connectivity index (χ2v) is 2.24. The van der Waals surface area contributed by atoms with E-state index in [1.54, 1.807) is 6.08 Å². The summed E-state index contributed by atoms with van der Waals surface area (Å²) in [5, 5.41) is 9.12. The Morgan fingerprint density at radius 1 is 1.90 bits per heavy atom. The first-order valence-corrected chi connectivity index (χ1v) is 3.22. The molecule has 1 aliphatic carbocycles. The maximum atomic E-state index is 10.8. The molecule has 0 aromatic heterocycles. The number of carbonyl (C=O) groups excluding carboxylic acids is 1. The largest absolute Gasteiger partial charge is 0.466 e. The number of ether oxygens (including phenoxy) is 1. The van der Waals surface area contributed by atoms with Crippen molar-refractivity contribution in [2.24, 2.45) is 0 Å². The monoisotopic (exact) mass is 142 g/mol. The number of carbonyl (C=O) groups is 1. The number of aliphatic hydroxyl groups excluding tert-OH is 1. The fourth-order valence-electron chi connectivity index (χ4n) is 1.03. The minimum atomic E-state index is -0.604. The molecule has 3 heteroatoms. The Morgan fingerprint density at radius 3 is 3.00 bits per heavy atom. The van der Waals surface area contributed by atoms with E-state index in [1.807, 2.05) is 0 Å². The number of allylic oxidation sites excluding steroid dienone is 1. The maximum Gasteiger partial charge on any atom is 0.336 e. The molecule has 3 nitrogen and oxygen atoms in total. The van der Waals surface area contributed by atoms with Gasteiger partial charge in [-0.25, -0.2) is 4.79 Å². The molecule has 0 amide bonds. The van der Waals surface area contributed by atoms with Gasteiger partial charge in [0.15, 0.2) is 0 Å². The average Bonchev–Trinajstić information content (AvgIpc) is 2.34. The van der Waals surface area contributed by atoms with E-state index in [0.29, 0.717) is 12.0 Å². The SMILES string of the molecule is COC(=O)C1=CCC[C@@H]1O. The second kappa shape index (κ2) is 2.84. The van der Waals surface area contributed by atoms with E-state index < -0.39 is 12.1 Å². The summed E-state index contributed by atoms with van der Waals surface area (Å²) < 4.78 is 4.44. The van der Waals surface area contributed by atoms with Crippen molar-refractivity contribution in [2.75, 3.05) is 7.11 Å². The van der Waals surface area contributed by atoms with Crippen LogP contribution in [0.2, 0.25) is 0 Å². The molecule has 0 fully saturated rings. The molecular weight excluding hydrogens is 132 g/mol.